The van der Waals surface area contributed by atoms with Gasteiger partial charge in [0.15, 0.2) is 0 Å². The topological polar surface area (TPSA) is 15.3 Å². The number of benzene rings is 2. The van der Waals surface area contributed by atoms with Gasteiger partial charge >= 0.3 is 0 Å². The molecule has 2 unspecified atom stereocenters. The molecule has 2 aliphatic rings. The molecule has 1 N–H and O–H groups in total. The molecule has 0 aliphatic carbocycles. The van der Waals surface area contributed by atoms with Crippen molar-refractivity contribution in [2.45, 2.75) is 18.9 Å². The quantitative estimate of drug-likeness (QED) is 0.905. The van der Waals surface area contributed by atoms with Crippen molar-refractivity contribution in [1.29, 1.82) is 0 Å². The Hall–Kier alpha value is -1.80. The maximum Gasteiger partial charge on any atom is 0.0429 e. The lowest BCUT2D eigenvalue weighted by molar-refractivity contribution is 0.492. The molecule has 108 valence electrons. The molecule has 0 bridgehead atoms. The first-order valence-electron chi connectivity index (χ1n) is 8.00. The molecule has 2 aromatic carbocycles. The summed E-state index contributed by atoms with van der Waals surface area (Å²) in [5, 5.41) is 3.58. The van der Waals surface area contributed by atoms with Gasteiger partial charge in [-0.3, -0.25) is 0 Å². The first kappa shape index (κ1) is 12.9. The molecule has 1 saturated heterocycles. The number of fused-ring (bicyclic) bond motifs is 3. The smallest absolute Gasteiger partial charge is 0.0429 e. The highest BCUT2D eigenvalue weighted by Crippen LogP contribution is 2.39. The molecule has 0 aromatic heterocycles. The van der Waals surface area contributed by atoms with E-state index in [4.69, 9.17) is 0 Å². The van der Waals surface area contributed by atoms with Crippen LogP contribution < -0.4 is 10.2 Å². The van der Waals surface area contributed by atoms with E-state index in [2.05, 4.69) is 64.8 Å². The van der Waals surface area contributed by atoms with Crippen LogP contribution in [-0.4, -0.2) is 19.6 Å². The lowest BCUT2D eigenvalue weighted by Gasteiger charge is -2.26. The minimum Gasteiger partial charge on any atom is -0.367 e. The average molecular weight is 278 g/mol. The highest BCUT2D eigenvalue weighted by Gasteiger charge is 2.33. The van der Waals surface area contributed by atoms with Gasteiger partial charge in [0, 0.05) is 31.2 Å². The third kappa shape index (κ3) is 2.44. The van der Waals surface area contributed by atoms with Gasteiger partial charge in [0.25, 0.3) is 0 Å². The Balaban J connectivity index is 1.68. The summed E-state index contributed by atoms with van der Waals surface area (Å²) in [6.45, 7) is 4.50. The van der Waals surface area contributed by atoms with E-state index < -0.39 is 0 Å². The van der Waals surface area contributed by atoms with Gasteiger partial charge in [-0.15, -0.1) is 0 Å². The number of para-hydroxylation sites is 1. The van der Waals surface area contributed by atoms with Crippen LogP contribution in [0.1, 0.15) is 23.5 Å². The Morgan fingerprint density at radius 1 is 0.952 bits per heavy atom. The monoisotopic (exact) mass is 278 g/mol. The van der Waals surface area contributed by atoms with E-state index >= 15 is 0 Å². The zero-order valence-electron chi connectivity index (χ0n) is 12.3. The highest BCUT2D eigenvalue weighted by atomic mass is 15.1. The third-order valence-corrected chi connectivity index (χ3v) is 5.00. The SMILES string of the molecule is c1ccc(CN2CCC3CNCC3c3ccccc32)cc1. The van der Waals surface area contributed by atoms with Crippen molar-refractivity contribution in [2.24, 2.45) is 5.92 Å². The molecule has 2 aromatic rings. The fraction of sp³-hybridized carbons (Fsp3) is 0.368. The second-order valence-electron chi connectivity index (χ2n) is 6.28. The second kappa shape index (κ2) is 5.53. The molecular weight excluding hydrogens is 256 g/mol. The molecule has 0 amide bonds. The Morgan fingerprint density at radius 2 is 1.76 bits per heavy atom. The Bertz CT molecular complexity index is 608. The van der Waals surface area contributed by atoms with Crippen molar-refractivity contribution in [3.8, 4) is 0 Å². The predicted molar refractivity (Wildman–Crippen MR) is 87.7 cm³/mol. The van der Waals surface area contributed by atoms with Crippen molar-refractivity contribution in [1.82, 2.24) is 5.32 Å². The minimum absolute atomic E-state index is 0.696. The van der Waals surface area contributed by atoms with Crippen LogP contribution in [0.5, 0.6) is 0 Å². The normalized spacial score (nSPS) is 24.3. The van der Waals surface area contributed by atoms with Crippen molar-refractivity contribution >= 4 is 5.69 Å². The van der Waals surface area contributed by atoms with Crippen LogP contribution in [0, 0.1) is 5.92 Å². The lowest BCUT2D eigenvalue weighted by atomic mass is 9.87. The van der Waals surface area contributed by atoms with E-state index in [9.17, 15) is 0 Å². The molecular formula is C19H22N2. The Kier molecular flexibility index (Phi) is 3.40. The number of anilines is 1. The van der Waals surface area contributed by atoms with Crippen LogP contribution in [0.4, 0.5) is 5.69 Å². The predicted octanol–water partition coefficient (Wildman–Crippen LogP) is 3.40. The summed E-state index contributed by atoms with van der Waals surface area (Å²) in [6, 6.07) is 19.8. The van der Waals surface area contributed by atoms with E-state index in [1.165, 1.54) is 24.2 Å². The second-order valence-corrected chi connectivity index (χ2v) is 6.28. The van der Waals surface area contributed by atoms with Gasteiger partial charge < -0.3 is 10.2 Å². The molecule has 0 saturated carbocycles. The number of nitrogens with zero attached hydrogens (tertiary/aromatic N) is 1. The molecule has 0 radical (unpaired) electrons. The zero-order chi connectivity index (χ0) is 14.1. The van der Waals surface area contributed by atoms with Gasteiger partial charge in [-0.2, -0.15) is 0 Å². The largest absolute Gasteiger partial charge is 0.367 e. The molecule has 0 spiro atoms. The molecule has 2 heterocycles. The molecule has 2 atom stereocenters. The minimum atomic E-state index is 0.696. The summed E-state index contributed by atoms with van der Waals surface area (Å²) in [5.41, 5.74) is 4.39. The van der Waals surface area contributed by atoms with Gasteiger partial charge in [0.2, 0.25) is 0 Å². The summed E-state index contributed by atoms with van der Waals surface area (Å²) >= 11 is 0. The highest BCUT2D eigenvalue weighted by molar-refractivity contribution is 5.57. The van der Waals surface area contributed by atoms with E-state index in [0.717, 1.165) is 25.6 Å². The van der Waals surface area contributed by atoms with Crippen molar-refractivity contribution < 1.29 is 0 Å². The average Bonchev–Trinajstić information content (AvgIpc) is 2.96. The van der Waals surface area contributed by atoms with Gasteiger partial charge in [0.1, 0.15) is 0 Å². The summed E-state index contributed by atoms with van der Waals surface area (Å²) in [6.07, 6.45) is 1.29. The van der Waals surface area contributed by atoms with Crippen molar-refractivity contribution in [3.05, 3.63) is 65.7 Å². The Morgan fingerprint density at radius 3 is 2.67 bits per heavy atom. The number of hydrogen-bond acceptors (Lipinski definition) is 2. The maximum atomic E-state index is 3.58. The first-order valence-corrected chi connectivity index (χ1v) is 8.00. The Labute approximate surface area is 126 Å². The molecule has 2 nitrogen and oxygen atoms in total. The summed E-state index contributed by atoms with van der Waals surface area (Å²) in [4.78, 5) is 2.57. The van der Waals surface area contributed by atoms with E-state index in [-0.39, 0.29) is 0 Å². The van der Waals surface area contributed by atoms with Crippen molar-refractivity contribution in [3.63, 3.8) is 0 Å². The van der Waals surface area contributed by atoms with E-state index in [1.807, 2.05) is 0 Å². The fourth-order valence-electron chi connectivity index (χ4n) is 3.90. The fourth-order valence-corrected chi connectivity index (χ4v) is 3.90. The van der Waals surface area contributed by atoms with Crippen LogP contribution in [0.2, 0.25) is 0 Å². The first-order chi connectivity index (χ1) is 10.4. The zero-order valence-corrected chi connectivity index (χ0v) is 12.3. The van der Waals surface area contributed by atoms with E-state index in [0.29, 0.717) is 5.92 Å². The molecule has 1 fully saturated rings. The lowest BCUT2D eigenvalue weighted by Crippen LogP contribution is -2.25. The maximum absolute atomic E-state index is 3.58. The van der Waals surface area contributed by atoms with Gasteiger partial charge in [0.05, 0.1) is 0 Å². The third-order valence-electron chi connectivity index (χ3n) is 5.00. The summed E-state index contributed by atoms with van der Waals surface area (Å²) in [7, 11) is 0. The molecule has 21 heavy (non-hydrogen) atoms. The molecule has 2 aliphatic heterocycles. The van der Waals surface area contributed by atoms with Gasteiger partial charge in [-0.1, -0.05) is 48.5 Å². The standard InChI is InChI=1S/C19H22N2/c1-2-6-15(7-3-1)14-21-11-10-16-12-20-13-18(16)17-8-4-5-9-19(17)21/h1-9,16,18,20H,10-14H2. The molecule has 4 rings (SSSR count). The molecule has 2 heteroatoms. The van der Waals surface area contributed by atoms with Crippen LogP contribution in [0.3, 0.4) is 0 Å². The van der Waals surface area contributed by atoms with E-state index in [1.54, 1.807) is 5.56 Å². The van der Waals surface area contributed by atoms with Gasteiger partial charge in [-0.05, 0) is 36.1 Å². The summed E-state index contributed by atoms with van der Waals surface area (Å²) in [5.74, 6) is 1.49. The number of hydrogen-bond donors (Lipinski definition) is 1. The van der Waals surface area contributed by atoms with Crippen LogP contribution in [0.25, 0.3) is 0 Å². The van der Waals surface area contributed by atoms with Gasteiger partial charge in [-0.25, -0.2) is 0 Å². The number of nitrogens with one attached hydrogen (secondary N) is 1. The van der Waals surface area contributed by atoms with Crippen LogP contribution >= 0.6 is 0 Å². The number of rotatable bonds is 2. The van der Waals surface area contributed by atoms with Crippen LogP contribution in [0.15, 0.2) is 54.6 Å². The summed E-state index contributed by atoms with van der Waals surface area (Å²) < 4.78 is 0. The van der Waals surface area contributed by atoms with Crippen LogP contribution in [-0.2, 0) is 6.54 Å². The van der Waals surface area contributed by atoms with Crippen molar-refractivity contribution in [2.75, 3.05) is 24.5 Å².